The lowest BCUT2D eigenvalue weighted by molar-refractivity contribution is 0.199. The fourth-order valence-corrected chi connectivity index (χ4v) is 1.52. The van der Waals surface area contributed by atoms with E-state index in [1.807, 2.05) is 0 Å². The third kappa shape index (κ3) is 6.05. The molecule has 0 amide bonds. The molecule has 0 radical (unpaired) electrons. The second-order valence-corrected chi connectivity index (χ2v) is 4.02. The first-order valence-corrected chi connectivity index (χ1v) is 6.08. The number of benzene rings is 1. The first-order chi connectivity index (χ1) is 8.74. The van der Waals surface area contributed by atoms with E-state index in [1.165, 1.54) is 6.07 Å². The Hall–Kier alpha value is -1.04. The van der Waals surface area contributed by atoms with Gasteiger partial charge in [-0.2, -0.15) is 0 Å². The van der Waals surface area contributed by atoms with Crippen LogP contribution in [0.15, 0.2) is 18.2 Å². The van der Waals surface area contributed by atoms with Crippen molar-refractivity contribution in [2.75, 3.05) is 33.4 Å². The highest BCUT2D eigenvalue weighted by Crippen LogP contribution is 2.08. The van der Waals surface area contributed by atoms with Crippen molar-refractivity contribution < 1.29 is 13.5 Å². The van der Waals surface area contributed by atoms with E-state index in [-0.39, 0.29) is 0 Å². The van der Waals surface area contributed by atoms with E-state index in [4.69, 9.17) is 4.74 Å². The second kappa shape index (κ2) is 8.97. The summed E-state index contributed by atoms with van der Waals surface area (Å²) < 4.78 is 30.5. The molecule has 0 aromatic heterocycles. The van der Waals surface area contributed by atoms with Gasteiger partial charge in [-0.1, -0.05) is 6.07 Å². The van der Waals surface area contributed by atoms with E-state index in [0.29, 0.717) is 13.2 Å². The Morgan fingerprint density at radius 3 is 2.56 bits per heavy atom. The fourth-order valence-electron chi connectivity index (χ4n) is 1.52. The summed E-state index contributed by atoms with van der Waals surface area (Å²) in [7, 11) is 1.67. The highest BCUT2D eigenvalue weighted by molar-refractivity contribution is 5.17. The molecule has 0 spiro atoms. The van der Waals surface area contributed by atoms with Crippen LogP contribution < -0.4 is 10.6 Å². The van der Waals surface area contributed by atoms with Gasteiger partial charge in [-0.05, 0) is 37.2 Å². The standard InChI is InChI=1S/C13H20F2N2O/c1-18-8-7-16-5-2-6-17-10-11-3-4-12(14)13(15)9-11/h3-4,9,16-17H,2,5-8,10H2,1H3. The maximum Gasteiger partial charge on any atom is 0.159 e. The average Bonchev–Trinajstić information content (AvgIpc) is 2.37. The van der Waals surface area contributed by atoms with Crippen molar-refractivity contribution in [3.63, 3.8) is 0 Å². The highest BCUT2D eigenvalue weighted by atomic mass is 19.2. The van der Waals surface area contributed by atoms with Crippen LogP contribution in [-0.2, 0) is 11.3 Å². The molecule has 0 aliphatic rings. The van der Waals surface area contributed by atoms with Gasteiger partial charge >= 0.3 is 0 Å². The molecule has 0 bridgehead atoms. The monoisotopic (exact) mass is 258 g/mol. The lowest BCUT2D eigenvalue weighted by Gasteiger charge is -2.06. The summed E-state index contributed by atoms with van der Waals surface area (Å²) in [5.41, 5.74) is 0.751. The Balaban J connectivity index is 2.05. The van der Waals surface area contributed by atoms with Crippen LogP contribution in [0.4, 0.5) is 8.78 Å². The summed E-state index contributed by atoms with van der Waals surface area (Å²) in [6, 6.07) is 3.96. The molecule has 0 heterocycles. The molecular formula is C13H20F2N2O. The third-order valence-electron chi connectivity index (χ3n) is 2.50. The topological polar surface area (TPSA) is 33.3 Å². The van der Waals surface area contributed by atoms with Crippen molar-refractivity contribution in [1.82, 2.24) is 10.6 Å². The van der Waals surface area contributed by atoms with Crippen molar-refractivity contribution in [3.05, 3.63) is 35.4 Å². The average molecular weight is 258 g/mol. The zero-order chi connectivity index (χ0) is 13.2. The molecule has 5 heteroatoms. The number of rotatable bonds is 9. The maximum absolute atomic E-state index is 12.9. The SMILES string of the molecule is COCCNCCCNCc1ccc(F)c(F)c1. The van der Waals surface area contributed by atoms with Crippen LogP contribution in [-0.4, -0.2) is 33.4 Å². The molecule has 0 saturated heterocycles. The van der Waals surface area contributed by atoms with E-state index in [1.54, 1.807) is 13.2 Å². The van der Waals surface area contributed by atoms with Crippen molar-refractivity contribution in [3.8, 4) is 0 Å². The van der Waals surface area contributed by atoms with Crippen LogP contribution in [0.1, 0.15) is 12.0 Å². The number of hydrogen-bond acceptors (Lipinski definition) is 3. The molecule has 18 heavy (non-hydrogen) atoms. The third-order valence-corrected chi connectivity index (χ3v) is 2.50. The van der Waals surface area contributed by atoms with Crippen molar-refractivity contribution in [1.29, 1.82) is 0 Å². The minimum Gasteiger partial charge on any atom is -0.383 e. The lowest BCUT2D eigenvalue weighted by atomic mass is 10.2. The Bertz CT molecular complexity index is 348. The van der Waals surface area contributed by atoms with E-state index >= 15 is 0 Å². The van der Waals surface area contributed by atoms with Gasteiger partial charge in [-0.15, -0.1) is 0 Å². The Morgan fingerprint density at radius 1 is 1.06 bits per heavy atom. The van der Waals surface area contributed by atoms with Crippen molar-refractivity contribution >= 4 is 0 Å². The Morgan fingerprint density at radius 2 is 1.83 bits per heavy atom. The first-order valence-electron chi connectivity index (χ1n) is 6.08. The molecule has 0 fully saturated rings. The van der Waals surface area contributed by atoms with Gasteiger partial charge in [0.25, 0.3) is 0 Å². The molecule has 1 aromatic rings. The summed E-state index contributed by atoms with van der Waals surface area (Å²) in [6.07, 6.45) is 0.980. The van der Waals surface area contributed by atoms with Crippen LogP contribution in [0.2, 0.25) is 0 Å². The molecule has 0 unspecified atom stereocenters. The molecule has 0 aliphatic carbocycles. The van der Waals surface area contributed by atoms with Gasteiger partial charge in [0, 0.05) is 20.2 Å². The Kier molecular flexibility index (Phi) is 7.48. The van der Waals surface area contributed by atoms with Gasteiger partial charge in [-0.25, -0.2) is 8.78 Å². The summed E-state index contributed by atoms with van der Waals surface area (Å²) >= 11 is 0. The number of methoxy groups -OCH3 is 1. The molecule has 3 nitrogen and oxygen atoms in total. The van der Waals surface area contributed by atoms with Gasteiger partial charge < -0.3 is 15.4 Å². The molecule has 1 aromatic carbocycles. The number of ether oxygens (including phenoxy) is 1. The second-order valence-electron chi connectivity index (χ2n) is 4.02. The van der Waals surface area contributed by atoms with Gasteiger partial charge in [0.05, 0.1) is 6.61 Å². The summed E-state index contributed by atoms with van der Waals surface area (Å²) in [5.74, 6) is -1.60. The zero-order valence-electron chi connectivity index (χ0n) is 10.6. The molecular weight excluding hydrogens is 238 g/mol. The van der Waals surface area contributed by atoms with Crippen LogP contribution in [0.5, 0.6) is 0 Å². The quantitative estimate of drug-likeness (QED) is 0.661. The smallest absolute Gasteiger partial charge is 0.159 e. The van der Waals surface area contributed by atoms with E-state index in [9.17, 15) is 8.78 Å². The number of hydrogen-bond donors (Lipinski definition) is 2. The van der Waals surface area contributed by atoms with Crippen molar-refractivity contribution in [2.24, 2.45) is 0 Å². The normalized spacial score (nSPS) is 10.8. The summed E-state index contributed by atoms with van der Waals surface area (Å²) in [4.78, 5) is 0. The summed E-state index contributed by atoms with van der Waals surface area (Å²) in [6.45, 7) is 3.85. The number of halogens is 2. The van der Waals surface area contributed by atoms with Crippen molar-refractivity contribution in [2.45, 2.75) is 13.0 Å². The minimum absolute atomic E-state index is 0.551. The predicted molar refractivity (Wildman–Crippen MR) is 67.4 cm³/mol. The van der Waals surface area contributed by atoms with E-state index in [0.717, 1.165) is 37.7 Å². The van der Waals surface area contributed by atoms with Gasteiger partial charge in [0.2, 0.25) is 0 Å². The largest absolute Gasteiger partial charge is 0.383 e. The van der Waals surface area contributed by atoms with Crippen LogP contribution in [0.25, 0.3) is 0 Å². The van der Waals surface area contributed by atoms with E-state index in [2.05, 4.69) is 10.6 Å². The minimum atomic E-state index is -0.805. The van der Waals surface area contributed by atoms with Gasteiger partial charge in [0.1, 0.15) is 0 Å². The molecule has 0 atom stereocenters. The highest BCUT2D eigenvalue weighted by Gasteiger charge is 2.01. The number of nitrogens with one attached hydrogen (secondary N) is 2. The Labute approximate surface area is 107 Å². The summed E-state index contributed by atoms with van der Waals surface area (Å²) in [5, 5.41) is 6.41. The molecule has 102 valence electrons. The molecule has 0 saturated carbocycles. The molecule has 2 N–H and O–H groups in total. The fraction of sp³-hybridized carbons (Fsp3) is 0.538. The van der Waals surface area contributed by atoms with Crippen LogP contribution in [0, 0.1) is 11.6 Å². The maximum atomic E-state index is 12.9. The molecule has 0 aliphatic heterocycles. The molecule has 1 rings (SSSR count). The zero-order valence-corrected chi connectivity index (χ0v) is 10.6. The van der Waals surface area contributed by atoms with Gasteiger partial charge in [-0.3, -0.25) is 0 Å². The lowest BCUT2D eigenvalue weighted by Crippen LogP contribution is -2.24. The van der Waals surface area contributed by atoms with Gasteiger partial charge in [0.15, 0.2) is 11.6 Å². The van der Waals surface area contributed by atoms with Crippen LogP contribution in [0.3, 0.4) is 0 Å². The van der Waals surface area contributed by atoms with Crippen LogP contribution >= 0.6 is 0 Å². The predicted octanol–water partition coefficient (Wildman–Crippen LogP) is 1.68. The van der Waals surface area contributed by atoms with E-state index < -0.39 is 11.6 Å². The first kappa shape index (κ1) is 15.0.